The molecule has 3 rings (SSSR count). The zero-order valence-corrected chi connectivity index (χ0v) is 31.5. The summed E-state index contributed by atoms with van der Waals surface area (Å²) in [4.78, 5) is 63.6. The number of amides is 1. The average molecular weight is 801 g/mol. The van der Waals surface area contributed by atoms with Crippen molar-refractivity contribution in [2.75, 3.05) is 38.5 Å². The normalized spacial score (nSPS) is 12.0. The average Bonchev–Trinajstić information content (AvgIpc) is 3.59. The Morgan fingerprint density at radius 1 is 0.906 bits per heavy atom. The molecule has 288 valence electrons. The van der Waals surface area contributed by atoms with Crippen molar-refractivity contribution >= 4 is 68.7 Å². The van der Waals surface area contributed by atoms with Gasteiger partial charge < -0.3 is 33.4 Å². The van der Waals surface area contributed by atoms with Gasteiger partial charge in [0.05, 0.1) is 48.3 Å². The van der Waals surface area contributed by atoms with Gasteiger partial charge in [-0.05, 0) is 64.1 Å². The van der Waals surface area contributed by atoms with Crippen molar-refractivity contribution in [3.8, 4) is 0 Å². The van der Waals surface area contributed by atoms with E-state index >= 15 is 0 Å². The molecule has 0 spiro atoms. The van der Waals surface area contributed by atoms with Gasteiger partial charge >= 0.3 is 24.0 Å². The van der Waals surface area contributed by atoms with Gasteiger partial charge in [-0.3, -0.25) is 19.3 Å². The van der Waals surface area contributed by atoms with Gasteiger partial charge in [-0.25, -0.2) is 23.1 Å². The Bertz CT molecular complexity index is 1880. The summed E-state index contributed by atoms with van der Waals surface area (Å²) in [6.45, 7) is 5.17. The maximum absolute atomic E-state index is 13.0. The topological polar surface area (TPSA) is 220 Å². The molecule has 2 aromatic carbocycles. The molecule has 1 amide bonds. The van der Waals surface area contributed by atoms with Crippen molar-refractivity contribution in [3.63, 3.8) is 0 Å². The Balaban J connectivity index is 1.38. The number of hydrogen-bond acceptors (Lipinski definition) is 14. The fourth-order valence-electron chi connectivity index (χ4n) is 4.72. The van der Waals surface area contributed by atoms with Gasteiger partial charge in [-0.1, -0.05) is 35.3 Å². The van der Waals surface area contributed by atoms with E-state index in [0.717, 1.165) is 6.07 Å². The second-order valence-corrected chi connectivity index (χ2v) is 14.5. The lowest BCUT2D eigenvalue weighted by molar-refractivity contribution is -0.160. The van der Waals surface area contributed by atoms with E-state index < -0.39 is 63.7 Å². The number of carbonyl (C=O) groups is 5. The van der Waals surface area contributed by atoms with E-state index in [1.807, 2.05) is 0 Å². The first-order chi connectivity index (χ1) is 24.9. The van der Waals surface area contributed by atoms with Gasteiger partial charge in [0, 0.05) is 16.1 Å². The standard InChI is InChI=1S/C34H39Cl2N3O13S/c1-21(31(42)22-7-5-8-23(35)15-22)39(34(2,3)4)33(44)52-20-51-30(41)18-29(40)49-13-11-47-12-14-50-32(43)25-16-28(53(37,45)46)26(36)17-27(25)38-19-24-9-6-10-48-24/h5-10,15-17,21,38H,11-14,18-20H2,1-4H3,(H2,37,45,46). The number of nitrogens with two attached hydrogens (primary N) is 1. The van der Waals surface area contributed by atoms with Gasteiger partial charge in [-0.15, -0.1) is 0 Å². The van der Waals surface area contributed by atoms with Crippen LogP contribution in [-0.2, 0) is 49.8 Å². The minimum absolute atomic E-state index is 0.128. The maximum Gasteiger partial charge on any atom is 0.413 e. The molecule has 3 aromatic rings. The highest BCUT2D eigenvalue weighted by molar-refractivity contribution is 7.89. The van der Waals surface area contributed by atoms with Crippen LogP contribution in [0.4, 0.5) is 10.5 Å². The fraction of sp³-hybridized carbons (Fsp3) is 0.382. The number of ketones is 1. The largest absolute Gasteiger partial charge is 0.467 e. The van der Waals surface area contributed by atoms with Crippen LogP contribution in [0.25, 0.3) is 0 Å². The number of benzene rings is 2. The molecule has 0 saturated heterocycles. The Labute approximate surface area is 315 Å². The van der Waals surface area contributed by atoms with Crippen LogP contribution in [-0.4, -0.2) is 87.9 Å². The predicted octanol–water partition coefficient (Wildman–Crippen LogP) is 4.96. The Morgan fingerprint density at radius 2 is 1.58 bits per heavy atom. The zero-order valence-electron chi connectivity index (χ0n) is 29.2. The summed E-state index contributed by atoms with van der Waals surface area (Å²) < 4.78 is 54.5. The SMILES string of the molecule is CC(C(=O)c1cccc(Cl)c1)N(C(=O)OCOC(=O)CC(=O)OCCOCCOC(=O)c1cc(S(N)(=O)=O)c(Cl)cc1NCc1ccco1)C(C)(C)C. The monoisotopic (exact) mass is 799 g/mol. The second-order valence-electron chi connectivity index (χ2n) is 12.1. The van der Waals surface area contributed by atoms with Crippen molar-refractivity contribution < 1.29 is 60.5 Å². The quantitative estimate of drug-likeness (QED) is 0.0434. The van der Waals surface area contributed by atoms with Crippen LogP contribution < -0.4 is 10.5 Å². The zero-order chi connectivity index (χ0) is 39.3. The molecule has 1 unspecified atom stereocenters. The molecule has 0 aliphatic heterocycles. The van der Waals surface area contributed by atoms with Gasteiger partial charge in [0.25, 0.3) is 0 Å². The lowest BCUT2D eigenvalue weighted by atomic mass is 9.98. The number of esters is 3. The molecule has 53 heavy (non-hydrogen) atoms. The Kier molecular flexibility index (Phi) is 15.7. The molecular formula is C34H39Cl2N3O13S. The van der Waals surface area contributed by atoms with Gasteiger partial charge in [0.15, 0.2) is 5.78 Å². The summed E-state index contributed by atoms with van der Waals surface area (Å²) in [5, 5.41) is 8.30. The summed E-state index contributed by atoms with van der Waals surface area (Å²) in [7, 11) is -4.26. The number of carbonyl (C=O) groups excluding carboxylic acids is 5. The van der Waals surface area contributed by atoms with E-state index in [-0.39, 0.29) is 55.0 Å². The van der Waals surface area contributed by atoms with Gasteiger partial charge in [0.1, 0.15) is 30.3 Å². The minimum Gasteiger partial charge on any atom is -0.467 e. The molecular weight excluding hydrogens is 761 g/mol. The lowest BCUT2D eigenvalue weighted by Gasteiger charge is -2.38. The van der Waals surface area contributed by atoms with E-state index in [9.17, 15) is 32.4 Å². The first kappa shape index (κ1) is 42.7. The molecule has 1 atom stereocenters. The van der Waals surface area contributed by atoms with Crippen molar-refractivity contribution in [1.82, 2.24) is 4.90 Å². The summed E-state index contributed by atoms with van der Waals surface area (Å²) in [5.41, 5.74) is -0.560. The number of hydrogen-bond donors (Lipinski definition) is 2. The molecule has 0 aliphatic carbocycles. The van der Waals surface area contributed by atoms with E-state index in [2.05, 4.69) is 5.32 Å². The lowest BCUT2D eigenvalue weighted by Crippen LogP contribution is -2.53. The van der Waals surface area contributed by atoms with E-state index in [1.54, 1.807) is 51.1 Å². The molecule has 19 heteroatoms. The first-order valence-corrected chi connectivity index (χ1v) is 18.1. The number of nitrogens with one attached hydrogen (secondary N) is 1. The third kappa shape index (κ3) is 13.4. The number of anilines is 1. The third-order valence-corrected chi connectivity index (χ3v) is 8.68. The molecule has 0 bridgehead atoms. The van der Waals surface area contributed by atoms with Crippen LogP contribution in [0.3, 0.4) is 0 Å². The smallest absolute Gasteiger partial charge is 0.413 e. The first-order valence-electron chi connectivity index (χ1n) is 15.8. The number of sulfonamides is 1. The van der Waals surface area contributed by atoms with Crippen LogP contribution in [0, 0.1) is 0 Å². The summed E-state index contributed by atoms with van der Waals surface area (Å²) >= 11 is 12.1. The number of primary sulfonamides is 1. The molecule has 0 radical (unpaired) electrons. The number of ether oxygens (including phenoxy) is 5. The van der Waals surface area contributed by atoms with E-state index in [4.69, 9.17) is 56.4 Å². The summed E-state index contributed by atoms with van der Waals surface area (Å²) in [6.07, 6.45) is -0.262. The van der Waals surface area contributed by atoms with E-state index in [1.165, 1.54) is 30.2 Å². The van der Waals surface area contributed by atoms with Gasteiger partial charge in [0.2, 0.25) is 16.8 Å². The van der Waals surface area contributed by atoms with Crippen molar-refractivity contribution in [2.24, 2.45) is 5.14 Å². The van der Waals surface area contributed by atoms with E-state index in [0.29, 0.717) is 16.3 Å². The third-order valence-electron chi connectivity index (χ3n) is 7.07. The number of furan rings is 1. The van der Waals surface area contributed by atoms with Crippen LogP contribution >= 0.6 is 23.2 Å². The predicted molar refractivity (Wildman–Crippen MR) is 190 cm³/mol. The highest BCUT2D eigenvalue weighted by Gasteiger charge is 2.36. The van der Waals surface area contributed by atoms with Crippen LogP contribution in [0.5, 0.6) is 0 Å². The number of rotatable bonds is 18. The minimum atomic E-state index is -4.26. The van der Waals surface area contributed by atoms with Crippen molar-refractivity contribution in [3.05, 3.63) is 81.7 Å². The molecule has 1 heterocycles. The van der Waals surface area contributed by atoms with Crippen molar-refractivity contribution in [2.45, 2.75) is 57.1 Å². The number of halogens is 2. The maximum atomic E-state index is 13.0. The highest BCUT2D eigenvalue weighted by Crippen LogP contribution is 2.29. The van der Waals surface area contributed by atoms with Crippen LogP contribution in [0.2, 0.25) is 10.0 Å². The molecule has 0 saturated carbocycles. The van der Waals surface area contributed by atoms with Crippen molar-refractivity contribution in [1.29, 1.82) is 0 Å². The highest BCUT2D eigenvalue weighted by atomic mass is 35.5. The molecule has 1 aromatic heterocycles. The molecule has 3 N–H and O–H groups in total. The fourth-order valence-corrected chi connectivity index (χ4v) is 6.01. The molecule has 0 fully saturated rings. The second kappa shape index (κ2) is 19.4. The summed E-state index contributed by atoms with van der Waals surface area (Å²) in [5.74, 6) is -2.74. The van der Waals surface area contributed by atoms with Gasteiger partial charge in [-0.2, -0.15) is 0 Å². The Morgan fingerprint density at radius 3 is 2.21 bits per heavy atom. The number of nitrogens with zero attached hydrogens (tertiary/aromatic N) is 1. The number of Topliss-reactive ketones (excluding diaryl/α,β-unsaturated/α-hetero) is 1. The molecule has 16 nitrogen and oxygen atoms in total. The van der Waals surface area contributed by atoms with Crippen LogP contribution in [0.1, 0.15) is 60.6 Å². The molecule has 0 aliphatic rings. The van der Waals surface area contributed by atoms with Crippen LogP contribution in [0.15, 0.2) is 64.1 Å². The summed E-state index contributed by atoms with van der Waals surface area (Å²) in [6, 6.07) is 10.9. The Hall–Kier alpha value is -4.68.